The lowest BCUT2D eigenvalue weighted by atomic mass is 10.1. The van der Waals surface area contributed by atoms with E-state index in [0.29, 0.717) is 18.8 Å². The molecule has 1 fully saturated rings. The second-order valence-corrected chi connectivity index (χ2v) is 7.21. The minimum Gasteiger partial charge on any atom is -0.368 e. The summed E-state index contributed by atoms with van der Waals surface area (Å²) in [7, 11) is 0. The van der Waals surface area contributed by atoms with Crippen molar-refractivity contribution in [3.05, 3.63) is 48.2 Å². The Hall–Kier alpha value is -3.49. The number of hydrogen-bond donors (Lipinski definition) is 2. The first-order chi connectivity index (χ1) is 14.7. The second-order valence-electron chi connectivity index (χ2n) is 7.21. The largest absolute Gasteiger partial charge is 0.368 e. The molecule has 3 aromatic heterocycles. The smallest absolute Gasteiger partial charge is 0.273 e. The molecule has 1 aliphatic heterocycles. The van der Waals surface area contributed by atoms with Gasteiger partial charge in [-0.3, -0.25) is 9.78 Å². The lowest BCUT2D eigenvalue weighted by molar-refractivity contribution is 0.0946. The van der Waals surface area contributed by atoms with E-state index in [4.69, 9.17) is 4.52 Å². The molecule has 30 heavy (non-hydrogen) atoms. The summed E-state index contributed by atoms with van der Waals surface area (Å²) in [6.45, 7) is 4.92. The van der Waals surface area contributed by atoms with Crippen molar-refractivity contribution in [2.45, 2.75) is 26.2 Å². The van der Waals surface area contributed by atoms with Gasteiger partial charge in [-0.1, -0.05) is 5.16 Å². The highest BCUT2D eigenvalue weighted by atomic mass is 16.5. The lowest BCUT2D eigenvalue weighted by Gasteiger charge is -2.28. The fourth-order valence-corrected chi connectivity index (χ4v) is 3.41. The maximum atomic E-state index is 12.3. The number of aromatic nitrogens is 4. The Kier molecular flexibility index (Phi) is 6.17. The van der Waals surface area contributed by atoms with Gasteiger partial charge in [0.25, 0.3) is 5.91 Å². The number of rotatable bonds is 7. The van der Waals surface area contributed by atoms with Crippen LogP contribution < -0.4 is 15.5 Å². The van der Waals surface area contributed by atoms with Crippen molar-refractivity contribution in [1.29, 1.82) is 0 Å². The fourth-order valence-electron chi connectivity index (χ4n) is 3.41. The van der Waals surface area contributed by atoms with Gasteiger partial charge in [0, 0.05) is 56.3 Å². The minimum absolute atomic E-state index is 0.235. The van der Waals surface area contributed by atoms with Crippen LogP contribution in [0.4, 0.5) is 11.6 Å². The van der Waals surface area contributed by atoms with Crippen LogP contribution >= 0.6 is 0 Å². The molecule has 1 saturated heterocycles. The van der Waals surface area contributed by atoms with Crippen LogP contribution in [0, 0.1) is 6.92 Å². The van der Waals surface area contributed by atoms with E-state index in [1.165, 1.54) is 19.3 Å². The Labute approximate surface area is 174 Å². The van der Waals surface area contributed by atoms with Gasteiger partial charge < -0.3 is 20.1 Å². The standard InChI is InChI=1S/C21H25N7O2/c1-15-25-19(13-20(26-15)28-10-3-2-4-11-28)23-8-9-24-21(29)17-12-18(30-27-17)16-6-5-7-22-14-16/h5-7,12-14H,2-4,8-11H2,1H3,(H,24,29)(H,23,25,26). The molecule has 4 heterocycles. The van der Waals surface area contributed by atoms with Crippen LogP contribution in [0.3, 0.4) is 0 Å². The molecule has 2 N–H and O–H groups in total. The molecule has 0 bridgehead atoms. The first-order valence-electron chi connectivity index (χ1n) is 10.2. The highest BCUT2D eigenvalue weighted by Gasteiger charge is 2.15. The molecule has 0 atom stereocenters. The fraction of sp³-hybridized carbons (Fsp3) is 0.381. The molecule has 156 valence electrons. The number of aryl methyl sites for hydroxylation is 1. The van der Waals surface area contributed by atoms with E-state index in [0.717, 1.165) is 36.1 Å². The number of amides is 1. The van der Waals surface area contributed by atoms with E-state index >= 15 is 0 Å². The van der Waals surface area contributed by atoms with Crippen LogP contribution in [0.2, 0.25) is 0 Å². The first-order valence-corrected chi connectivity index (χ1v) is 10.2. The van der Waals surface area contributed by atoms with E-state index in [2.05, 4.69) is 35.6 Å². The summed E-state index contributed by atoms with van der Waals surface area (Å²) in [6.07, 6.45) is 7.01. The Balaban J connectivity index is 1.28. The molecule has 4 rings (SSSR count). The van der Waals surface area contributed by atoms with Gasteiger partial charge in [-0.05, 0) is 38.3 Å². The summed E-state index contributed by atoms with van der Waals surface area (Å²) in [6, 6.07) is 7.23. The average Bonchev–Trinajstić information content (AvgIpc) is 3.28. The van der Waals surface area contributed by atoms with Crippen LogP contribution in [-0.4, -0.2) is 52.2 Å². The van der Waals surface area contributed by atoms with Gasteiger partial charge in [0.1, 0.15) is 17.5 Å². The van der Waals surface area contributed by atoms with Gasteiger partial charge in [-0.2, -0.15) is 0 Å². The minimum atomic E-state index is -0.288. The quantitative estimate of drug-likeness (QED) is 0.576. The molecular formula is C21H25N7O2. The number of hydrogen-bond acceptors (Lipinski definition) is 8. The maximum Gasteiger partial charge on any atom is 0.273 e. The molecule has 9 nitrogen and oxygen atoms in total. The van der Waals surface area contributed by atoms with Crippen molar-refractivity contribution in [1.82, 2.24) is 25.4 Å². The number of anilines is 2. The van der Waals surface area contributed by atoms with E-state index < -0.39 is 0 Å². The van der Waals surface area contributed by atoms with Crippen LogP contribution in [-0.2, 0) is 0 Å². The average molecular weight is 407 g/mol. The summed E-state index contributed by atoms with van der Waals surface area (Å²) in [5.74, 6) is 2.67. The van der Waals surface area contributed by atoms with Gasteiger partial charge in [0.15, 0.2) is 11.5 Å². The molecule has 1 amide bonds. The maximum absolute atomic E-state index is 12.3. The number of piperidine rings is 1. The highest BCUT2D eigenvalue weighted by molar-refractivity contribution is 5.93. The van der Waals surface area contributed by atoms with Gasteiger partial charge in [0.2, 0.25) is 0 Å². The Bertz CT molecular complexity index is 984. The normalized spacial score (nSPS) is 13.8. The van der Waals surface area contributed by atoms with Crippen molar-refractivity contribution >= 4 is 17.5 Å². The zero-order valence-electron chi connectivity index (χ0n) is 17.0. The zero-order chi connectivity index (χ0) is 20.8. The third kappa shape index (κ3) is 4.91. The molecule has 0 saturated carbocycles. The number of nitrogens with one attached hydrogen (secondary N) is 2. The third-order valence-electron chi connectivity index (χ3n) is 4.91. The third-order valence-corrected chi connectivity index (χ3v) is 4.91. The van der Waals surface area contributed by atoms with Crippen molar-refractivity contribution in [2.24, 2.45) is 0 Å². The van der Waals surface area contributed by atoms with Crippen molar-refractivity contribution in [3.8, 4) is 11.3 Å². The Morgan fingerprint density at radius 3 is 2.83 bits per heavy atom. The predicted octanol–water partition coefficient (Wildman–Crippen LogP) is 2.67. The van der Waals surface area contributed by atoms with Gasteiger partial charge in [-0.15, -0.1) is 0 Å². The van der Waals surface area contributed by atoms with Gasteiger partial charge >= 0.3 is 0 Å². The van der Waals surface area contributed by atoms with Crippen molar-refractivity contribution in [3.63, 3.8) is 0 Å². The van der Waals surface area contributed by atoms with Crippen molar-refractivity contribution < 1.29 is 9.32 Å². The zero-order valence-corrected chi connectivity index (χ0v) is 17.0. The van der Waals surface area contributed by atoms with E-state index in [9.17, 15) is 4.79 Å². The Morgan fingerprint density at radius 1 is 1.17 bits per heavy atom. The van der Waals surface area contributed by atoms with E-state index in [1.54, 1.807) is 24.5 Å². The summed E-state index contributed by atoms with van der Waals surface area (Å²) >= 11 is 0. The lowest BCUT2D eigenvalue weighted by Crippen LogP contribution is -2.31. The molecule has 0 spiro atoms. The van der Waals surface area contributed by atoms with Crippen LogP contribution in [0.5, 0.6) is 0 Å². The monoisotopic (exact) mass is 407 g/mol. The predicted molar refractivity (Wildman–Crippen MR) is 113 cm³/mol. The number of carbonyl (C=O) groups is 1. The molecule has 0 aromatic carbocycles. The SMILES string of the molecule is Cc1nc(NCCNC(=O)c2cc(-c3cccnc3)on2)cc(N2CCCCC2)n1. The molecule has 9 heteroatoms. The molecule has 0 radical (unpaired) electrons. The topological polar surface area (TPSA) is 109 Å². The Morgan fingerprint density at radius 2 is 2.03 bits per heavy atom. The van der Waals surface area contributed by atoms with E-state index in [1.807, 2.05) is 19.1 Å². The first kappa shape index (κ1) is 19.8. The van der Waals surface area contributed by atoms with Crippen LogP contribution in [0.15, 0.2) is 41.2 Å². The number of pyridine rings is 1. The molecule has 1 aliphatic rings. The second kappa shape index (κ2) is 9.34. The molecular weight excluding hydrogens is 382 g/mol. The molecule has 3 aromatic rings. The highest BCUT2D eigenvalue weighted by Crippen LogP contribution is 2.20. The van der Waals surface area contributed by atoms with Crippen molar-refractivity contribution in [2.75, 3.05) is 36.4 Å². The molecule has 0 unspecified atom stereocenters. The summed E-state index contributed by atoms with van der Waals surface area (Å²) < 4.78 is 5.24. The summed E-state index contributed by atoms with van der Waals surface area (Å²) in [5, 5.41) is 9.93. The van der Waals surface area contributed by atoms with Crippen LogP contribution in [0.1, 0.15) is 35.6 Å². The van der Waals surface area contributed by atoms with Gasteiger partial charge in [-0.25, -0.2) is 9.97 Å². The summed E-state index contributed by atoms with van der Waals surface area (Å²) in [5.41, 5.74) is 1.01. The molecule has 0 aliphatic carbocycles. The number of carbonyl (C=O) groups excluding carboxylic acids is 1. The van der Waals surface area contributed by atoms with E-state index in [-0.39, 0.29) is 11.6 Å². The van der Waals surface area contributed by atoms with Gasteiger partial charge in [0.05, 0.1) is 0 Å². The summed E-state index contributed by atoms with van der Waals surface area (Å²) in [4.78, 5) is 27.7. The number of nitrogens with zero attached hydrogens (tertiary/aromatic N) is 5. The van der Waals surface area contributed by atoms with Crippen LogP contribution in [0.25, 0.3) is 11.3 Å².